The highest BCUT2D eigenvalue weighted by Gasteiger charge is 2.23. The van der Waals surface area contributed by atoms with Crippen molar-refractivity contribution in [3.8, 4) is 0 Å². The molecule has 2 aliphatic heterocycles. The maximum atomic E-state index is 12.7. The Labute approximate surface area is 174 Å². The van der Waals surface area contributed by atoms with Gasteiger partial charge in [0.15, 0.2) is 0 Å². The molecule has 0 unspecified atom stereocenters. The number of hydrogen-bond donors (Lipinski definition) is 1. The van der Waals surface area contributed by atoms with Gasteiger partial charge in [0.1, 0.15) is 5.82 Å². The van der Waals surface area contributed by atoms with Crippen LogP contribution in [0.15, 0.2) is 36.5 Å². The van der Waals surface area contributed by atoms with E-state index in [1.54, 1.807) is 15.9 Å². The average molecular weight is 415 g/mol. The van der Waals surface area contributed by atoms with Crippen LogP contribution in [-0.2, 0) is 16.0 Å². The van der Waals surface area contributed by atoms with Crippen LogP contribution < -0.4 is 10.2 Å². The molecule has 152 valence electrons. The number of fused-ring (bicyclic) bond motifs is 1. The zero-order chi connectivity index (χ0) is 20.2. The van der Waals surface area contributed by atoms with E-state index in [9.17, 15) is 9.59 Å². The fraction of sp³-hybridized carbons (Fsp3) is 0.381. The number of carbonyl (C=O) groups is 2. The van der Waals surface area contributed by atoms with Crippen LogP contribution in [0.5, 0.6) is 0 Å². The highest BCUT2D eigenvalue weighted by Crippen LogP contribution is 2.27. The number of ether oxygens (including phenoxy) is 1. The van der Waals surface area contributed by atoms with Crippen LogP contribution in [0.2, 0.25) is 5.02 Å². The Hall–Kier alpha value is -2.64. The largest absolute Gasteiger partial charge is 0.378 e. The van der Waals surface area contributed by atoms with Gasteiger partial charge >= 0.3 is 0 Å². The number of anilines is 2. The van der Waals surface area contributed by atoms with Gasteiger partial charge < -0.3 is 19.9 Å². The monoisotopic (exact) mass is 414 g/mol. The van der Waals surface area contributed by atoms with E-state index in [1.807, 2.05) is 18.2 Å². The number of carbonyl (C=O) groups excluding carboxylic acids is 2. The van der Waals surface area contributed by atoms with Crippen molar-refractivity contribution in [1.82, 2.24) is 9.88 Å². The summed E-state index contributed by atoms with van der Waals surface area (Å²) < 4.78 is 5.27. The summed E-state index contributed by atoms with van der Waals surface area (Å²) in [4.78, 5) is 33.1. The Morgan fingerprint density at radius 3 is 2.76 bits per heavy atom. The first kappa shape index (κ1) is 19.7. The summed E-state index contributed by atoms with van der Waals surface area (Å²) in [5.41, 5.74) is 2.59. The van der Waals surface area contributed by atoms with E-state index in [0.717, 1.165) is 18.5 Å². The Bertz CT molecular complexity index is 915. The van der Waals surface area contributed by atoms with Crippen molar-refractivity contribution in [1.29, 1.82) is 0 Å². The Balaban J connectivity index is 1.40. The van der Waals surface area contributed by atoms with Gasteiger partial charge in [-0.3, -0.25) is 9.59 Å². The lowest BCUT2D eigenvalue weighted by Gasteiger charge is -2.29. The maximum absolute atomic E-state index is 12.7. The molecule has 8 heteroatoms. The summed E-state index contributed by atoms with van der Waals surface area (Å²) in [6.45, 7) is 2.97. The van der Waals surface area contributed by atoms with Crippen LogP contribution in [0.4, 0.5) is 11.5 Å². The van der Waals surface area contributed by atoms with E-state index in [-0.39, 0.29) is 18.4 Å². The Morgan fingerprint density at radius 1 is 1.17 bits per heavy atom. The number of aryl methyl sites for hydroxylation is 1. The average Bonchev–Trinajstić information content (AvgIpc) is 2.77. The second-order valence-electron chi connectivity index (χ2n) is 7.09. The van der Waals surface area contributed by atoms with Crippen molar-refractivity contribution >= 4 is 34.9 Å². The molecule has 1 fully saturated rings. The first-order valence-corrected chi connectivity index (χ1v) is 10.2. The van der Waals surface area contributed by atoms with Crippen molar-refractivity contribution in [3.63, 3.8) is 0 Å². The number of benzene rings is 1. The lowest BCUT2D eigenvalue weighted by molar-refractivity contribution is -0.117. The van der Waals surface area contributed by atoms with Gasteiger partial charge in [0.05, 0.1) is 30.3 Å². The third-order valence-electron chi connectivity index (χ3n) is 5.20. The molecular formula is C21H23ClN4O3. The second kappa shape index (κ2) is 8.80. The molecule has 0 aliphatic carbocycles. The van der Waals surface area contributed by atoms with Gasteiger partial charge in [0, 0.05) is 31.5 Å². The molecule has 0 atom stereocenters. The molecule has 1 saturated heterocycles. The minimum Gasteiger partial charge on any atom is -0.378 e. The number of rotatable bonds is 4. The van der Waals surface area contributed by atoms with E-state index in [4.69, 9.17) is 16.3 Å². The molecule has 29 heavy (non-hydrogen) atoms. The molecule has 2 amide bonds. The molecule has 0 spiro atoms. The summed E-state index contributed by atoms with van der Waals surface area (Å²) in [5, 5.41) is 3.32. The maximum Gasteiger partial charge on any atom is 0.255 e. The van der Waals surface area contributed by atoms with Crippen molar-refractivity contribution in [2.45, 2.75) is 12.8 Å². The minimum atomic E-state index is -0.116. The van der Waals surface area contributed by atoms with Gasteiger partial charge in [0.2, 0.25) is 5.91 Å². The summed E-state index contributed by atoms with van der Waals surface area (Å²) >= 11 is 6.32. The van der Waals surface area contributed by atoms with Gasteiger partial charge in [-0.1, -0.05) is 29.8 Å². The summed E-state index contributed by atoms with van der Waals surface area (Å²) in [5.74, 6) is 0.238. The van der Waals surface area contributed by atoms with Crippen LogP contribution in [0, 0.1) is 0 Å². The van der Waals surface area contributed by atoms with Crippen LogP contribution in [0.1, 0.15) is 22.3 Å². The van der Waals surface area contributed by atoms with E-state index < -0.39 is 0 Å². The predicted molar refractivity (Wildman–Crippen MR) is 112 cm³/mol. The lowest BCUT2D eigenvalue weighted by atomic mass is 10.0. The number of morpholine rings is 1. The van der Waals surface area contributed by atoms with E-state index in [1.165, 1.54) is 11.8 Å². The minimum absolute atomic E-state index is 0.0384. The molecule has 1 aromatic heterocycles. The molecular weight excluding hydrogens is 392 g/mol. The van der Waals surface area contributed by atoms with E-state index >= 15 is 0 Å². The third-order valence-corrected chi connectivity index (χ3v) is 5.49. The zero-order valence-corrected chi connectivity index (χ0v) is 16.8. The first-order chi connectivity index (χ1) is 14.1. The quantitative estimate of drug-likeness (QED) is 0.832. The van der Waals surface area contributed by atoms with Crippen LogP contribution in [0.25, 0.3) is 0 Å². The smallest absolute Gasteiger partial charge is 0.255 e. The molecule has 2 aromatic rings. The number of pyridine rings is 1. The third kappa shape index (κ3) is 4.36. The van der Waals surface area contributed by atoms with Crippen LogP contribution in [-0.4, -0.2) is 61.1 Å². The number of aromatic nitrogens is 1. The van der Waals surface area contributed by atoms with Crippen molar-refractivity contribution in [2.75, 3.05) is 49.6 Å². The van der Waals surface area contributed by atoms with Gasteiger partial charge in [0.25, 0.3) is 5.91 Å². The zero-order valence-electron chi connectivity index (χ0n) is 16.1. The van der Waals surface area contributed by atoms with Gasteiger partial charge in [-0.25, -0.2) is 4.98 Å². The van der Waals surface area contributed by atoms with Crippen molar-refractivity contribution < 1.29 is 14.3 Å². The highest BCUT2D eigenvalue weighted by molar-refractivity contribution is 6.33. The standard InChI is InChI=1S/C21H23ClN4O3/c22-17-12-16(21(28)25-8-10-29-11-9-25)13-23-20(17)24-14-19(27)26-7-3-5-15-4-1-2-6-18(15)26/h1-2,4,6,12-13H,3,5,7-11,14H2,(H,23,24). The molecule has 4 rings (SSSR count). The van der Waals surface area contributed by atoms with Crippen molar-refractivity contribution in [3.05, 3.63) is 52.7 Å². The Kier molecular flexibility index (Phi) is 5.97. The SMILES string of the molecule is O=C(c1cnc(NCC(=O)N2CCCc3ccccc32)c(Cl)c1)N1CCOCC1. The molecule has 0 radical (unpaired) electrons. The summed E-state index contributed by atoms with van der Waals surface area (Å²) in [6, 6.07) is 9.57. The molecule has 0 bridgehead atoms. The molecule has 1 N–H and O–H groups in total. The number of nitrogens with one attached hydrogen (secondary N) is 1. The topological polar surface area (TPSA) is 74.8 Å². The summed E-state index contributed by atoms with van der Waals surface area (Å²) in [7, 11) is 0. The van der Waals surface area contributed by atoms with Crippen molar-refractivity contribution in [2.24, 2.45) is 0 Å². The molecule has 2 aliphatic rings. The van der Waals surface area contributed by atoms with E-state index in [2.05, 4.69) is 16.4 Å². The van der Waals surface area contributed by atoms with Gasteiger partial charge in [-0.05, 0) is 30.5 Å². The number of amides is 2. The van der Waals surface area contributed by atoms with Gasteiger partial charge in [-0.15, -0.1) is 0 Å². The predicted octanol–water partition coefficient (Wildman–Crippen LogP) is 2.60. The molecule has 1 aromatic carbocycles. The molecule has 0 saturated carbocycles. The van der Waals surface area contributed by atoms with Crippen LogP contribution >= 0.6 is 11.6 Å². The van der Waals surface area contributed by atoms with E-state index in [0.29, 0.717) is 49.3 Å². The van der Waals surface area contributed by atoms with Crippen LogP contribution in [0.3, 0.4) is 0 Å². The second-order valence-corrected chi connectivity index (χ2v) is 7.50. The number of hydrogen-bond acceptors (Lipinski definition) is 5. The normalized spacial score (nSPS) is 16.3. The lowest BCUT2D eigenvalue weighted by Crippen LogP contribution is -2.40. The number of nitrogens with zero attached hydrogens (tertiary/aromatic N) is 3. The number of para-hydroxylation sites is 1. The fourth-order valence-electron chi connectivity index (χ4n) is 3.68. The molecule has 7 nitrogen and oxygen atoms in total. The molecule has 3 heterocycles. The first-order valence-electron chi connectivity index (χ1n) is 9.78. The van der Waals surface area contributed by atoms with Gasteiger partial charge in [-0.2, -0.15) is 0 Å². The number of halogens is 1. The summed E-state index contributed by atoms with van der Waals surface area (Å²) in [6.07, 6.45) is 3.42. The highest BCUT2D eigenvalue weighted by atomic mass is 35.5. The fourth-order valence-corrected chi connectivity index (χ4v) is 3.91. The Morgan fingerprint density at radius 2 is 1.97 bits per heavy atom.